The van der Waals surface area contributed by atoms with E-state index in [1.807, 2.05) is 36.4 Å². The highest BCUT2D eigenvalue weighted by Crippen LogP contribution is 2.31. The van der Waals surface area contributed by atoms with Crippen LogP contribution in [0.2, 0.25) is 0 Å². The highest BCUT2D eigenvalue weighted by Gasteiger charge is 2.33. The molecule has 38 heavy (non-hydrogen) atoms. The second-order valence-corrected chi connectivity index (χ2v) is 10.6. The minimum Gasteiger partial charge on any atom is -0.426 e. The summed E-state index contributed by atoms with van der Waals surface area (Å²) in [6, 6.07) is 15.9. The van der Waals surface area contributed by atoms with Crippen LogP contribution in [-0.2, 0) is 31.9 Å². The lowest BCUT2D eigenvalue weighted by Gasteiger charge is -2.37. The van der Waals surface area contributed by atoms with Crippen LogP contribution in [0.15, 0.2) is 42.5 Å². The number of esters is 1. The molecule has 0 aliphatic carbocycles. The van der Waals surface area contributed by atoms with E-state index in [1.54, 1.807) is 0 Å². The van der Waals surface area contributed by atoms with Crippen LogP contribution in [-0.4, -0.2) is 67.9 Å². The van der Waals surface area contributed by atoms with Crippen molar-refractivity contribution >= 4 is 11.9 Å². The second kappa shape index (κ2) is 12.1. The van der Waals surface area contributed by atoms with E-state index in [2.05, 4.69) is 29.3 Å². The molecule has 2 aromatic rings. The number of nitrogens with zero attached hydrogens (tertiary/aromatic N) is 2. The van der Waals surface area contributed by atoms with Crippen LogP contribution in [0.5, 0.6) is 5.75 Å². The molecule has 2 fully saturated rings. The Morgan fingerprint density at radius 3 is 2.71 bits per heavy atom. The number of aryl methyl sites for hydroxylation is 1. The van der Waals surface area contributed by atoms with Crippen molar-refractivity contribution in [3.05, 3.63) is 53.6 Å². The minimum absolute atomic E-state index is 0.175. The van der Waals surface area contributed by atoms with E-state index in [0.29, 0.717) is 56.9 Å². The summed E-state index contributed by atoms with van der Waals surface area (Å²) < 4.78 is 16.7. The highest BCUT2D eigenvalue weighted by atomic mass is 16.5. The molecule has 2 saturated heterocycles. The van der Waals surface area contributed by atoms with Gasteiger partial charge in [-0.25, -0.2) is 0 Å². The summed E-state index contributed by atoms with van der Waals surface area (Å²) in [6.07, 6.45) is 2.97. The Morgan fingerprint density at radius 1 is 1.18 bits per heavy atom. The van der Waals surface area contributed by atoms with Crippen molar-refractivity contribution in [1.29, 1.82) is 5.26 Å². The molecule has 0 radical (unpaired) electrons. The van der Waals surface area contributed by atoms with Gasteiger partial charge in [-0.3, -0.25) is 14.5 Å². The average molecular weight is 518 g/mol. The minimum atomic E-state index is -0.645. The van der Waals surface area contributed by atoms with Gasteiger partial charge >= 0.3 is 5.97 Å². The monoisotopic (exact) mass is 517 g/mol. The van der Waals surface area contributed by atoms with Crippen LogP contribution < -0.4 is 10.1 Å². The molecule has 1 amide bonds. The molecule has 8 heteroatoms. The van der Waals surface area contributed by atoms with Gasteiger partial charge < -0.3 is 19.5 Å². The van der Waals surface area contributed by atoms with Crippen LogP contribution >= 0.6 is 0 Å². The lowest BCUT2D eigenvalue weighted by atomic mass is 9.93. The maximum absolute atomic E-state index is 13.0. The zero-order valence-electron chi connectivity index (χ0n) is 21.9. The van der Waals surface area contributed by atoms with Crippen LogP contribution in [0, 0.1) is 17.2 Å². The Kier molecular flexibility index (Phi) is 8.38. The lowest BCUT2D eigenvalue weighted by Crippen LogP contribution is -2.54. The molecular formula is C30H35N3O5. The molecule has 0 spiro atoms. The number of nitriles is 1. The molecule has 2 aromatic carbocycles. The molecule has 1 N–H and O–H groups in total. The van der Waals surface area contributed by atoms with Crippen molar-refractivity contribution in [3.8, 4) is 22.9 Å². The number of hydrogen-bond donors (Lipinski definition) is 1. The predicted octanol–water partition coefficient (Wildman–Crippen LogP) is 3.27. The van der Waals surface area contributed by atoms with Gasteiger partial charge in [0, 0.05) is 32.5 Å². The molecule has 3 atom stereocenters. The Morgan fingerprint density at radius 2 is 1.97 bits per heavy atom. The quantitative estimate of drug-likeness (QED) is 0.464. The van der Waals surface area contributed by atoms with Gasteiger partial charge in [-0.2, -0.15) is 5.26 Å². The molecule has 200 valence electrons. The number of ether oxygens (including phenoxy) is 3. The molecule has 0 bridgehead atoms. The molecule has 3 heterocycles. The van der Waals surface area contributed by atoms with E-state index in [4.69, 9.17) is 14.2 Å². The molecule has 8 nitrogen and oxygen atoms in total. The molecule has 0 aromatic heterocycles. The van der Waals surface area contributed by atoms with Crippen molar-refractivity contribution < 1.29 is 23.8 Å². The Labute approximate surface area is 223 Å². The number of nitrogens with one attached hydrogen (secondary N) is 1. The van der Waals surface area contributed by atoms with Gasteiger partial charge in [0.25, 0.3) is 5.91 Å². The summed E-state index contributed by atoms with van der Waals surface area (Å²) in [5, 5.41) is 12.6. The number of carbonyl (C=O) groups is 2. The average Bonchev–Trinajstić information content (AvgIpc) is 3.12. The van der Waals surface area contributed by atoms with E-state index in [0.717, 1.165) is 48.1 Å². The third-order valence-corrected chi connectivity index (χ3v) is 7.64. The highest BCUT2D eigenvalue weighted by molar-refractivity contribution is 5.81. The molecule has 3 unspecified atom stereocenters. The van der Waals surface area contributed by atoms with E-state index in [-0.39, 0.29) is 11.9 Å². The first kappa shape index (κ1) is 26.4. The van der Waals surface area contributed by atoms with Crippen LogP contribution in [0.3, 0.4) is 0 Å². The van der Waals surface area contributed by atoms with Gasteiger partial charge in [-0.05, 0) is 59.6 Å². The first-order chi connectivity index (χ1) is 18.5. The summed E-state index contributed by atoms with van der Waals surface area (Å²) in [5.74, 6) is 0.538. The van der Waals surface area contributed by atoms with Crippen molar-refractivity contribution in [2.45, 2.75) is 57.2 Å². The molecular weight excluding hydrogens is 482 g/mol. The fourth-order valence-electron chi connectivity index (χ4n) is 5.24. The zero-order valence-corrected chi connectivity index (χ0v) is 21.9. The van der Waals surface area contributed by atoms with E-state index >= 15 is 0 Å². The SMILES string of the molecule is CC1CCc2cc(-c3ccc(CC(C#N)NC(=O)C4CN(C5COC5)CCCO4)cc3)ccc2OC(=O)C1. The van der Waals surface area contributed by atoms with E-state index in [1.165, 1.54) is 0 Å². The van der Waals surface area contributed by atoms with Gasteiger partial charge in [-0.1, -0.05) is 37.3 Å². The molecule has 3 aliphatic rings. The van der Waals surface area contributed by atoms with Gasteiger partial charge in [0.1, 0.15) is 17.9 Å². The van der Waals surface area contributed by atoms with Crippen molar-refractivity contribution in [2.75, 3.05) is 32.9 Å². The fourth-order valence-corrected chi connectivity index (χ4v) is 5.24. The van der Waals surface area contributed by atoms with E-state index < -0.39 is 12.1 Å². The number of amides is 1. The molecule has 0 saturated carbocycles. The zero-order chi connectivity index (χ0) is 26.5. The second-order valence-electron chi connectivity index (χ2n) is 10.6. The standard InChI is InChI=1S/C30H35N3O5/c1-20-3-6-24-15-23(9-10-27(24)38-29(34)13-20)22-7-4-21(5-8-22)14-25(16-31)32-30(35)28-17-33(11-2-12-37-28)26-18-36-19-26/h4-5,7-10,15,20,25-26,28H,2-3,6,11-14,17-19H2,1H3,(H,32,35). The first-order valence-electron chi connectivity index (χ1n) is 13.5. The topological polar surface area (TPSA) is 101 Å². The van der Waals surface area contributed by atoms with Crippen molar-refractivity contribution in [2.24, 2.45) is 5.92 Å². The Bertz CT molecular complexity index is 1190. The summed E-state index contributed by atoms with van der Waals surface area (Å²) in [7, 11) is 0. The summed E-state index contributed by atoms with van der Waals surface area (Å²) in [5.41, 5.74) is 4.10. The fraction of sp³-hybridized carbons (Fsp3) is 0.500. The lowest BCUT2D eigenvalue weighted by molar-refractivity contribution is -0.136. The van der Waals surface area contributed by atoms with Gasteiger partial charge in [0.15, 0.2) is 0 Å². The van der Waals surface area contributed by atoms with Crippen LogP contribution in [0.4, 0.5) is 0 Å². The number of hydrogen-bond acceptors (Lipinski definition) is 7. The predicted molar refractivity (Wildman–Crippen MR) is 141 cm³/mol. The number of rotatable bonds is 6. The van der Waals surface area contributed by atoms with Gasteiger partial charge in [0.2, 0.25) is 0 Å². The van der Waals surface area contributed by atoms with Gasteiger partial charge in [-0.15, -0.1) is 0 Å². The number of carbonyl (C=O) groups excluding carboxylic acids is 2. The summed E-state index contributed by atoms with van der Waals surface area (Å²) in [6.45, 7) is 5.41. The van der Waals surface area contributed by atoms with E-state index in [9.17, 15) is 14.9 Å². The third kappa shape index (κ3) is 6.41. The third-order valence-electron chi connectivity index (χ3n) is 7.64. The Hall–Kier alpha value is -3.25. The maximum atomic E-state index is 13.0. The van der Waals surface area contributed by atoms with Crippen LogP contribution in [0.1, 0.15) is 37.3 Å². The summed E-state index contributed by atoms with van der Waals surface area (Å²) >= 11 is 0. The Balaban J connectivity index is 1.20. The molecule has 5 rings (SSSR count). The maximum Gasteiger partial charge on any atom is 0.311 e. The number of fused-ring (bicyclic) bond motifs is 1. The van der Waals surface area contributed by atoms with Crippen molar-refractivity contribution in [1.82, 2.24) is 10.2 Å². The number of benzene rings is 2. The van der Waals surface area contributed by atoms with Gasteiger partial charge in [0.05, 0.1) is 25.3 Å². The normalized spacial score (nSPS) is 23.4. The van der Waals surface area contributed by atoms with Crippen molar-refractivity contribution in [3.63, 3.8) is 0 Å². The summed E-state index contributed by atoms with van der Waals surface area (Å²) in [4.78, 5) is 27.3. The smallest absolute Gasteiger partial charge is 0.311 e. The molecule has 3 aliphatic heterocycles. The van der Waals surface area contributed by atoms with Crippen LogP contribution in [0.25, 0.3) is 11.1 Å². The largest absolute Gasteiger partial charge is 0.426 e. The first-order valence-corrected chi connectivity index (χ1v) is 13.5.